The van der Waals surface area contributed by atoms with Gasteiger partial charge in [0.05, 0.1) is 38.6 Å². The fraction of sp³-hybridized carbons (Fsp3) is 0.760. The van der Waals surface area contributed by atoms with Crippen LogP contribution in [0.2, 0.25) is 0 Å². The van der Waals surface area contributed by atoms with E-state index in [1.165, 1.54) is 158 Å². The Hall–Kier alpha value is -2.00. The Kier molecular flexibility index (Phi) is 34.3. The van der Waals surface area contributed by atoms with Crippen LogP contribution >= 0.6 is 0 Å². The molecule has 2 rings (SSSR count). The minimum absolute atomic E-state index is 0.274. The van der Waals surface area contributed by atoms with Crippen molar-refractivity contribution in [3.05, 3.63) is 54.1 Å². The molecule has 0 fully saturated rings. The number of unbranched alkanes of at least 4 members (excludes halogenated alkanes) is 24. The Balaban J connectivity index is 1.34. The number of rotatable bonds is 42. The van der Waals surface area contributed by atoms with Gasteiger partial charge in [-0.3, -0.25) is 0 Å². The van der Waals surface area contributed by atoms with E-state index in [-0.39, 0.29) is 12.6 Å². The van der Waals surface area contributed by atoms with Gasteiger partial charge >= 0.3 is 0 Å². The van der Waals surface area contributed by atoms with Gasteiger partial charge in [-0.2, -0.15) is 0 Å². The molecule has 0 saturated carbocycles. The van der Waals surface area contributed by atoms with Crippen molar-refractivity contribution >= 4 is 0 Å². The lowest BCUT2D eigenvalue weighted by molar-refractivity contribution is 0.0335. The van der Waals surface area contributed by atoms with Gasteiger partial charge in [0.25, 0.3) is 0 Å². The molecule has 2 unspecified atom stereocenters. The highest BCUT2D eigenvalue weighted by Crippen LogP contribution is 2.24. The van der Waals surface area contributed by atoms with Crippen molar-refractivity contribution in [2.24, 2.45) is 5.73 Å². The highest BCUT2D eigenvalue weighted by molar-refractivity contribution is 5.64. The lowest BCUT2D eigenvalue weighted by atomic mass is 10.0. The first-order valence-electron chi connectivity index (χ1n) is 23.7. The Morgan fingerprint density at radius 3 is 1.14 bits per heavy atom. The summed E-state index contributed by atoms with van der Waals surface area (Å²) in [6.07, 6.45) is 33.7. The molecule has 0 radical (unpaired) electrons. The first kappa shape index (κ1) is 51.1. The van der Waals surface area contributed by atoms with Crippen LogP contribution in [-0.4, -0.2) is 68.6 Å². The molecule has 0 amide bonds. The molecule has 7 heteroatoms. The number of hydrogen-bond acceptors (Lipinski definition) is 7. The van der Waals surface area contributed by atoms with E-state index in [9.17, 15) is 10.2 Å². The van der Waals surface area contributed by atoms with E-state index in [1.807, 2.05) is 6.92 Å². The van der Waals surface area contributed by atoms with Gasteiger partial charge in [0.2, 0.25) is 0 Å². The van der Waals surface area contributed by atoms with Crippen LogP contribution in [-0.2, 0) is 20.8 Å². The molecule has 0 aliphatic rings. The quantitative estimate of drug-likeness (QED) is 0.0575. The Morgan fingerprint density at radius 1 is 0.421 bits per heavy atom. The lowest BCUT2D eigenvalue weighted by Crippen LogP contribution is -2.25. The van der Waals surface area contributed by atoms with Crippen molar-refractivity contribution in [3.8, 4) is 16.9 Å². The molecular weight excluding hydrogens is 711 g/mol. The molecule has 2 atom stereocenters. The predicted molar refractivity (Wildman–Crippen MR) is 240 cm³/mol. The second kappa shape index (κ2) is 38.2. The molecule has 328 valence electrons. The van der Waals surface area contributed by atoms with E-state index >= 15 is 0 Å². The van der Waals surface area contributed by atoms with Crippen LogP contribution in [0, 0.1) is 0 Å². The maximum Gasteiger partial charge on any atom is 0.119 e. The predicted octanol–water partition coefficient (Wildman–Crippen LogP) is 12.5. The van der Waals surface area contributed by atoms with Crippen molar-refractivity contribution in [2.45, 2.75) is 199 Å². The van der Waals surface area contributed by atoms with Gasteiger partial charge in [-0.05, 0) is 60.9 Å². The molecule has 57 heavy (non-hydrogen) atoms. The first-order valence-corrected chi connectivity index (χ1v) is 23.7. The van der Waals surface area contributed by atoms with Crippen LogP contribution in [0.4, 0.5) is 0 Å². The third-order valence-corrected chi connectivity index (χ3v) is 11.1. The molecule has 0 saturated heterocycles. The monoisotopic (exact) mass is 798 g/mol. The van der Waals surface area contributed by atoms with Gasteiger partial charge < -0.3 is 34.9 Å². The van der Waals surface area contributed by atoms with E-state index < -0.39 is 6.10 Å². The number of ether oxygens (including phenoxy) is 4. The third kappa shape index (κ3) is 30.7. The zero-order chi connectivity index (χ0) is 40.7. The SMILES string of the molecule is CCC(O)COCCCCCCCCCCCCCCCOCc1ccc(-c2ccc(OCCCCCCCCCCCCCCCOCC(O)CN)cc2)cc1. The number of hydrogen-bond donors (Lipinski definition) is 3. The van der Waals surface area contributed by atoms with Crippen molar-refractivity contribution < 1.29 is 29.2 Å². The maximum absolute atomic E-state index is 9.49. The molecule has 2 aromatic rings. The number of aliphatic hydroxyl groups is 2. The standard InChI is InChI=1S/C50H87NO6/c1-2-48(52)43-55-38-26-22-18-14-10-6-3-5-9-13-17-21-25-37-54-42-45-29-31-46(32-30-45)47-33-35-50(36-34-47)57-40-28-24-20-16-12-8-4-7-11-15-19-23-27-39-56-44-49(53)41-51/h29-36,48-49,52-53H,2-28,37-44,51H2,1H3. The van der Waals surface area contributed by atoms with Gasteiger partial charge in [-0.25, -0.2) is 0 Å². The highest BCUT2D eigenvalue weighted by atomic mass is 16.5. The van der Waals surface area contributed by atoms with E-state index in [4.69, 9.17) is 24.7 Å². The van der Waals surface area contributed by atoms with Gasteiger partial charge in [-0.15, -0.1) is 0 Å². The highest BCUT2D eigenvalue weighted by Gasteiger charge is 2.03. The molecular formula is C50H87NO6. The fourth-order valence-electron chi connectivity index (χ4n) is 7.15. The van der Waals surface area contributed by atoms with Crippen LogP contribution in [0.3, 0.4) is 0 Å². The summed E-state index contributed by atoms with van der Waals surface area (Å²) in [5.41, 5.74) is 9.06. The molecule has 0 spiro atoms. The average molecular weight is 798 g/mol. The van der Waals surface area contributed by atoms with Crippen LogP contribution in [0.15, 0.2) is 48.5 Å². The normalized spacial score (nSPS) is 12.6. The smallest absolute Gasteiger partial charge is 0.119 e. The molecule has 0 aliphatic heterocycles. The summed E-state index contributed by atoms with van der Waals surface area (Å²) < 4.78 is 23.0. The lowest BCUT2D eigenvalue weighted by Gasteiger charge is -2.09. The summed E-state index contributed by atoms with van der Waals surface area (Å²) in [6, 6.07) is 17.3. The molecule has 4 N–H and O–H groups in total. The van der Waals surface area contributed by atoms with E-state index in [2.05, 4.69) is 48.5 Å². The summed E-state index contributed by atoms with van der Waals surface area (Å²) in [5.74, 6) is 0.959. The van der Waals surface area contributed by atoms with Gasteiger partial charge in [0.1, 0.15) is 5.75 Å². The summed E-state index contributed by atoms with van der Waals surface area (Å²) in [7, 11) is 0. The fourth-order valence-corrected chi connectivity index (χ4v) is 7.15. The molecule has 0 aromatic heterocycles. The van der Waals surface area contributed by atoms with Crippen molar-refractivity contribution in [1.82, 2.24) is 0 Å². The van der Waals surface area contributed by atoms with E-state index in [0.29, 0.717) is 19.8 Å². The minimum Gasteiger partial charge on any atom is -0.494 e. The van der Waals surface area contributed by atoms with Crippen molar-refractivity contribution in [1.29, 1.82) is 0 Å². The van der Waals surface area contributed by atoms with E-state index in [1.54, 1.807) is 0 Å². The summed E-state index contributed by atoms with van der Waals surface area (Å²) in [4.78, 5) is 0. The Bertz CT molecular complexity index is 1110. The van der Waals surface area contributed by atoms with Crippen LogP contribution in [0.25, 0.3) is 11.1 Å². The summed E-state index contributed by atoms with van der Waals surface area (Å²) in [5, 5.41) is 18.9. The molecule has 0 bridgehead atoms. The summed E-state index contributed by atoms with van der Waals surface area (Å²) >= 11 is 0. The van der Waals surface area contributed by atoms with Crippen molar-refractivity contribution in [2.75, 3.05) is 46.2 Å². The van der Waals surface area contributed by atoms with Crippen LogP contribution < -0.4 is 10.5 Å². The zero-order valence-corrected chi connectivity index (χ0v) is 36.6. The zero-order valence-electron chi connectivity index (χ0n) is 36.6. The van der Waals surface area contributed by atoms with E-state index in [0.717, 1.165) is 64.3 Å². The Morgan fingerprint density at radius 2 is 0.754 bits per heavy atom. The third-order valence-electron chi connectivity index (χ3n) is 11.1. The largest absolute Gasteiger partial charge is 0.494 e. The second-order valence-corrected chi connectivity index (χ2v) is 16.4. The number of nitrogens with two attached hydrogens (primary N) is 1. The van der Waals surface area contributed by atoms with Crippen molar-refractivity contribution in [3.63, 3.8) is 0 Å². The second-order valence-electron chi connectivity index (χ2n) is 16.4. The molecule has 7 nitrogen and oxygen atoms in total. The summed E-state index contributed by atoms with van der Waals surface area (Å²) in [6.45, 7) is 6.97. The van der Waals surface area contributed by atoms with Gasteiger partial charge in [0.15, 0.2) is 0 Å². The first-order chi connectivity index (χ1) is 28.1. The maximum atomic E-state index is 9.49. The van der Waals surface area contributed by atoms with Gasteiger partial charge in [-0.1, -0.05) is 185 Å². The number of benzene rings is 2. The number of aliphatic hydroxyl groups excluding tert-OH is 2. The Labute approximate surface area is 350 Å². The van der Waals surface area contributed by atoms with Crippen LogP contribution in [0.5, 0.6) is 5.75 Å². The average Bonchev–Trinajstić information content (AvgIpc) is 3.24. The molecule has 2 aromatic carbocycles. The molecule has 0 aliphatic carbocycles. The van der Waals surface area contributed by atoms with Crippen LogP contribution in [0.1, 0.15) is 186 Å². The minimum atomic E-state index is -0.519. The molecule has 0 heterocycles. The van der Waals surface area contributed by atoms with Gasteiger partial charge in [0, 0.05) is 26.4 Å². The topological polar surface area (TPSA) is 103 Å².